The SMILES string of the molecule is Cc1ccc(-c2ccnc(CCCO)n2)c(C)c1. The van der Waals surface area contributed by atoms with Gasteiger partial charge in [0.2, 0.25) is 0 Å². The zero-order valence-corrected chi connectivity index (χ0v) is 10.8. The Labute approximate surface area is 108 Å². The molecule has 0 aliphatic heterocycles. The van der Waals surface area contributed by atoms with Gasteiger partial charge in [0, 0.05) is 24.8 Å². The zero-order chi connectivity index (χ0) is 13.0. The molecule has 1 heterocycles. The minimum Gasteiger partial charge on any atom is -0.396 e. The van der Waals surface area contributed by atoms with E-state index in [1.54, 1.807) is 6.20 Å². The van der Waals surface area contributed by atoms with Gasteiger partial charge in [0.1, 0.15) is 5.82 Å². The molecule has 94 valence electrons. The van der Waals surface area contributed by atoms with Gasteiger partial charge in [0.05, 0.1) is 5.69 Å². The highest BCUT2D eigenvalue weighted by atomic mass is 16.2. The summed E-state index contributed by atoms with van der Waals surface area (Å²) in [5, 5.41) is 8.83. The number of hydrogen-bond acceptors (Lipinski definition) is 3. The van der Waals surface area contributed by atoms with E-state index in [0.717, 1.165) is 23.5 Å². The van der Waals surface area contributed by atoms with Gasteiger partial charge in [-0.15, -0.1) is 0 Å². The summed E-state index contributed by atoms with van der Waals surface area (Å²) in [6.07, 6.45) is 3.21. The highest BCUT2D eigenvalue weighted by molar-refractivity contribution is 5.63. The van der Waals surface area contributed by atoms with Gasteiger partial charge < -0.3 is 5.11 Å². The average Bonchev–Trinajstić information content (AvgIpc) is 2.36. The van der Waals surface area contributed by atoms with E-state index in [2.05, 4.69) is 42.0 Å². The Morgan fingerprint density at radius 1 is 1.17 bits per heavy atom. The number of aliphatic hydroxyl groups excluding tert-OH is 1. The predicted octanol–water partition coefficient (Wildman–Crippen LogP) is 2.69. The van der Waals surface area contributed by atoms with Crippen molar-refractivity contribution in [3.63, 3.8) is 0 Å². The maximum Gasteiger partial charge on any atom is 0.129 e. The third kappa shape index (κ3) is 2.93. The van der Waals surface area contributed by atoms with E-state index in [0.29, 0.717) is 6.42 Å². The first-order valence-corrected chi connectivity index (χ1v) is 6.21. The van der Waals surface area contributed by atoms with Crippen LogP contribution < -0.4 is 0 Å². The maximum atomic E-state index is 8.83. The predicted molar refractivity (Wildman–Crippen MR) is 72.3 cm³/mol. The van der Waals surface area contributed by atoms with E-state index in [1.807, 2.05) is 6.07 Å². The lowest BCUT2D eigenvalue weighted by Gasteiger charge is -2.07. The molecule has 0 spiro atoms. The molecule has 0 atom stereocenters. The third-order valence-corrected chi connectivity index (χ3v) is 2.92. The van der Waals surface area contributed by atoms with Crippen molar-refractivity contribution in [1.29, 1.82) is 0 Å². The van der Waals surface area contributed by atoms with Crippen LogP contribution in [0.1, 0.15) is 23.4 Å². The van der Waals surface area contributed by atoms with Crippen LogP contribution in [-0.4, -0.2) is 21.7 Å². The number of aromatic nitrogens is 2. The molecule has 0 unspecified atom stereocenters. The van der Waals surface area contributed by atoms with Gasteiger partial charge in [-0.2, -0.15) is 0 Å². The van der Waals surface area contributed by atoms with E-state index < -0.39 is 0 Å². The smallest absolute Gasteiger partial charge is 0.129 e. The average molecular weight is 242 g/mol. The fraction of sp³-hybridized carbons (Fsp3) is 0.333. The molecule has 3 nitrogen and oxygen atoms in total. The van der Waals surface area contributed by atoms with E-state index >= 15 is 0 Å². The quantitative estimate of drug-likeness (QED) is 0.896. The summed E-state index contributed by atoms with van der Waals surface area (Å²) in [6, 6.07) is 8.28. The molecule has 0 amide bonds. The molecule has 1 aromatic carbocycles. The molecule has 0 aliphatic rings. The van der Waals surface area contributed by atoms with Crippen LogP contribution in [0.3, 0.4) is 0 Å². The molecule has 3 heteroatoms. The van der Waals surface area contributed by atoms with Crippen LogP contribution >= 0.6 is 0 Å². The Balaban J connectivity index is 2.32. The minimum atomic E-state index is 0.178. The van der Waals surface area contributed by atoms with Crippen molar-refractivity contribution in [3.05, 3.63) is 47.4 Å². The van der Waals surface area contributed by atoms with Gasteiger partial charge in [0.15, 0.2) is 0 Å². The van der Waals surface area contributed by atoms with Crippen LogP contribution in [-0.2, 0) is 6.42 Å². The summed E-state index contributed by atoms with van der Waals surface area (Å²) < 4.78 is 0. The maximum absolute atomic E-state index is 8.83. The second-order valence-electron chi connectivity index (χ2n) is 4.50. The number of rotatable bonds is 4. The normalized spacial score (nSPS) is 10.6. The van der Waals surface area contributed by atoms with Gasteiger partial charge in [-0.05, 0) is 31.9 Å². The van der Waals surface area contributed by atoms with Gasteiger partial charge in [-0.3, -0.25) is 0 Å². The van der Waals surface area contributed by atoms with Crippen molar-refractivity contribution in [2.75, 3.05) is 6.61 Å². The molecule has 0 saturated carbocycles. The number of aryl methyl sites for hydroxylation is 3. The fourth-order valence-electron chi connectivity index (χ4n) is 2.01. The number of benzene rings is 1. The van der Waals surface area contributed by atoms with Crippen LogP contribution in [0.4, 0.5) is 0 Å². The second kappa shape index (κ2) is 5.74. The third-order valence-electron chi connectivity index (χ3n) is 2.92. The zero-order valence-electron chi connectivity index (χ0n) is 10.8. The van der Waals surface area contributed by atoms with E-state index in [1.165, 1.54) is 11.1 Å². The van der Waals surface area contributed by atoms with Crippen LogP contribution in [0.15, 0.2) is 30.5 Å². The molecule has 0 bridgehead atoms. The number of aliphatic hydroxyl groups is 1. The van der Waals surface area contributed by atoms with Crippen molar-refractivity contribution >= 4 is 0 Å². The highest BCUT2D eigenvalue weighted by Gasteiger charge is 2.05. The largest absolute Gasteiger partial charge is 0.396 e. The van der Waals surface area contributed by atoms with Crippen molar-refractivity contribution in [2.24, 2.45) is 0 Å². The summed E-state index contributed by atoms with van der Waals surface area (Å²) in [5.41, 5.74) is 4.58. The molecule has 2 rings (SSSR count). The first kappa shape index (κ1) is 12.7. The van der Waals surface area contributed by atoms with Gasteiger partial charge >= 0.3 is 0 Å². The first-order chi connectivity index (χ1) is 8.70. The van der Waals surface area contributed by atoms with Gasteiger partial charge in [0.25, 0.3) is 0 Å². The Morgan fingerprint density at radius 3 is 2.72 bits per heavy atom. The Morgan fingerprint density at radius 2 is 2.00 bits per heavy atom. The molecule has 18 heavy (non-hydrogen) atoms. The molecule has 0 fully saturated rings. The fourth-order valence-corrected chi connectivity index (χ4v) is 2.01. The monoisotopic (exact) mass is 242 g/mol. The second-order valence-corrected chi connectivity index (χ2v) is 4.50. The van der Waals surface area contributed by atoms with E-state index in [-0.39, 0.29) is 6.61 Å². The topological polar surface area (TPSA) is 46.0 Å². The summed E-state index contributed by atoms with van der Waals surface area (Å²) >= 11 is 0. The number of nitrogens with zero attached hydrogens (tertiary/aromatic N) is 2. The lowest BCUT2D eigenvalue weighted by atomic mass is 10.0. The molecule has 0 saturated heterocycles. The van der Waals surface area contributed by atoms with Crippen LogP contribution in [0.25, 0.3) is 11.3 Å². The Kier molecular flexibility index (Phi) is 4.05. The van der Waals surface area contributed by atoms with Gasteiger partial charge in [-0.25, -0.2) is 9.97 Å². The molecule has 1 N–H and O–H groups in total. The first-order valence-electron chi connectivity index (χ1n) is 6.21. The van der Waals surface area contributed by atoms with Crippen LogP contribution in [0, 0.1) is 13.8 Å². The molecular formula is C15H18N2O. The van der Waals surface area contributed by atoms with Gasteiger partial charge in [-0.1, -0.05) is 23.8 Å². The van der Waals surface area contributed by atoms with E-state index in [4.69, 9.17) is 5.11 Å². The molecule has 1 aromatic heterocycles. The van der Waals surface area contributed by atoms with Crippen LogP contribution in [0.5, 0.6) is 0 Å². The van der Waals surface area contributed by atoms with Crippen molar-refractivity contribution < 1.29 is 5.11 Å². The standard InChI is InChI=1S/C15H18N2O/c1-11-5-6-13(12(2)10-11)14-7-8-16-15(17-14)4-3-9-18/h5-8,10,18H,3-4,9H2,1-2H3. The lowest BCUT2D eigenvalue weighted by Crippen LogP contribution is -1.98. The van der Waals surface area contributed by atoms with Crippen LogP contribution in [0.2, 0.25) is 0 Å². The van der Waals surface area contributed by atoms with Crippen molar-refractivity contribution in [2.45, 2.75) is 26.7 Å². The molecule has 0 radical (unpaired) electrons. The van der Waals surface area contributed by atoms with E-state index in [9.17, 15) is 0 Å². The Hall–Kier alpha value is -1.74. The summed E-state index contributed by atoms with van der Waals surface area (Å²) in [6.45, 7) is 4.36. The highest BCUT2D eigenvalue weighted by Crippen LogP contribution is 2.22. The lowest BCUT2D eigenvalue weighted by molar-refractivity contribution is 0.287. The summed E-state index contributed by atoms with van der Waals surface area (Å²) in [5.74, 6) is 0.793. The van der Waals surface area contributed by atoms with Crippen molar-refractivity contribution in [3.8, 4) is 11.3 Å². The summed E-state index contributed by atoms with van der Waals surface area (Å²) in [7, 11) is 0. The molecule has 0 aliphatic carbocycles. The minimum absolute atomic E-state index is 0.178. The number of hydrogen-bond donors (Lipinski definition) is 1. The summed E-state index contributed by atoms with van der Waals surface area (Å²) in [4.78, 5) is 8.78. The molecular weight excluding hydrogens is 224 g/mol. The van der Waals surface area contributed by atoms with Crippen molar-refractivity contribution in [1.82, 2.24) is 9.97 Å². The Bertz CT molecular complexity index is 538. The molecule has 2 aromatic rings.